The number of nitrogens with two attached hydrogens (primary N) is 1. The summed E-state index contributed by atoms with van der Waals surface area (Å²) in [5.74, 6) is -0.935. The molecule has 0 bridgehead atoms. The highest BCUT2D eigenvalue weighted by Gasteiger charge is 2.13. The predicted octanol–water partition coefficient (Wildman–Crippen LogP) is 1.28. The zero-order valence-corrected chi connectivity index (χ0v) is 11.6. The van der Waals surface area contributed by atoms with Crippen LogP contribution in [0.4, 0.5) is 0 Å². The highest BCUT2D eigenvalue weighted by atomic mass is 32.2. The molecular weight excluding hydrogens is 246 g/mol. The van der Waals surface area contributed by atoms with Gasteiger partial charge in [0.2, 0.25) is 0 Å². The first-order chi connectivity index (χ1) is 7.54. The summed E-state index contributed by atoms with van der Waals surface area (Å²) < 4.78 is 28.5. The molecule has 0 fully saturated rings. The zero-order valence-electron chi connectivity index (χ0n) is 10.8. The van der Waals surface area contributed by atoms with Crippen molar-refractivity contribution in [3.8, 4) is 0 Å². The van der Waals surface area contributed by atoms with Crippen molar-refractivity contribution in [3.05, 3.63) is 12.2 Å². The van der Waals surface area contributed by atoms with E-state index in [1.807, 2.05) is 6.92 Å². The fourth-order valence-corrected chi connectivity index (χ4v) is 0.632. The van der Waals surface area contributed by atoms with E-state index in [0.29, 0.717) is 6.42 Å². The fraction of sp³-hybridized carbons (Fsp3) is 0.700. The van der Waals surface area contributed by atoms with Crippen molar-refractivity contribution in [2.45, 2.75) is 39.4 Å². The molecule has 0 aliphatic heterocycles. The lowest BCUT2D eigenvalue weighted by atomic mass is 10.4. The van der Waals surface area contributed by atoms with Crippen LogP contribution in [0.1, 0.15) is 34.1 Å². The second-order valence-electron chi connectivity index (χ2n) is 3.23. The molecule has 0 heterocycles. The number of carboxylic acids is 1. The fourth-order valence-electron chi connectivity index (χ4n) is 0.211. The monoisotopic (exact) mass is 269 g/mol. The summed E-state index contributed by atoms with van der Waals surface area (Å²) in [6.45, 7) is 10.4. The number of hydrogen-bond donors (Lipinski definition) is 3. The van der Waals surface area contributed by atoms with E-state index < -0.39 is 21.3 Å². The highest BCUT2D eigenvalue weighted by Crippen LogP contribution is 1.99. The lowest BCUT2D eigenvalue weighted by Gasteiger charge is -2.00. The van der Waals surface area contributed by atoms with Gasteiger partial charge in [0.05, 0.1) is 5.25 Å². The van der Waals surface area contributed by atoms with Gasteiger partial charge in [-0.05, 0) is 26.8 Å². The lowest BCUT2D eigenvalue weighted by molar-refractivity contribution is -0.132. The third kappa shape index (κ3) is 21.0. The molecule has 0 amide bonds. The van der Waals surface area contributed by atoms with Gasteiger partial charge in [0.25, 0.3) is 10.1 Å². The first-order valence-corrected chi connectivity index (χ1v) is 6.59. The highest BCUT2D eigenvalue weighted by molar-refractivity contribution is 7.86. The second-order valence-corrected chi connectivity index (χ2v) is 5.06. The van der Waals surface area contributed by atoms with Crippen molar-refractivity contribution in [3.63, 3.8) is 0 Å². The summed E-state index contributed by atoms with van der Waals surface area (Å²) in [5.41, 5.74) is 5.02. The predicted molar refractivity (Wildman–Crippen MR) is 68.5 cm³/mol. The Morgan fingerprint density at radius 3 is 1.65 bits per heavy atom. The van der Waals surface area contributed by atoms with E-state index in [2.05, 4.69) is 6.58 Å². The Hall–Kier alpha value is -0.920. The summed E-state index contributed by atoms with van der Waals surface area (Å²) in [4.78, 5) is 9.60. The van der Waals surface area contributed by atoms with Gasteiger partial charge in [-0.2, -0.15) is 8.42 Å². The Bertz CT molecular complexity index is 299. The largest absolute Gasteiger partial charge is 0.478 e. The quantitative estimate of drug-likeness (QED) is 0.525. The lowest BCUT2D eigenvalue weighted by Crippen LogP contribution is -2.14. The smallest absolute Gasteiger partial charge is 0.330 e. The minimum absolute atomic E-state index is 0.176. The number of rotatable bonds is 3. The number of carboxylic acid groups (broad SMARTS) is 1. The van der Waals surface area contributed by atoms with Crippen molar-refractivity contribution in [1.29, 1.82) is 0 Å². The van der Waals surface area contributed by atoms with Crippen molar-refractivity contribution < 1.29 is 22.9 Å². The minimum Gasteiger partial charge on any atom is -0.478 e. The van der Waals surface area contributed by atoms with Gasteiger partial charge in [-0.3, -0.25) is 4.55 Å². The molecule has 1 atom stereocenters. The SMILES string of the molecule is C=C(C)C(=O)O.CCC(C)S(=O)(=O)O.CCN. The molecule has 17 heavy (non-hydrogen) atoms. The molecule has 4 N–H and O–H groups in total. The van der Waals surface area contributed by atoms with E-state index in [9.17, 15) is 13.2 Å². The van der Waals surface area contributed by atoms with E-state index in [1.54, 1.807) is 6.92 Å². The van der Waals surface area contributed by atoms with Gasteiger partial charge >= 0.3 is 5.97 Å². The summed E-state index contributed by atoms with van der Waals surface area (Å²) >= 11 is 0. The maximum atomic E-state index is 10.1. The van der Waals surface area contributed by atoms with Crippen LogP contribution < -0.4 is 5.73 Å². The van der Waals surface area contributed by atoms with Crippen LogP contribution in [0.15, 0.2) is 12.2 Å². The standard InChI is InChI=1S/C4H10O3S.C4H6O2.C2H7N/c1-3-4(2)8(5,6)7;1-3(2)4(5)6;1-2-3/h4H,3H2,1-2H3,(H,5,6,7);1H2,2H3,(H,5,6);2-3H2,1H3. The molecule has 6 nitrogen and oxygen atoms in total. The summed E-state index contributed by atoms with van der Waals surface area (Å²) in [5, 5.41) is 7.27. The normalized spacial score (nSPS) is 11.2. The average molecular weight is 269 g/mol. The Labute approximate surface area is 103 Å². The first-order valence-electron chi connectivity index (χ1n) is 5.09. The third-order valence-electron chi connectivity index (χ3n) is 1.45. The summed E-state index contributed by atoms with van der Waals surface area (Å²) in [6.07, 6.45) is 0.457. The summed E-state index contributed by atoms with van der Waals surface area (Å²) in [6, 6.07) is 0. The molecule has 0 aromatic rings. The van der Waals surface area contributed by atoms with E-state index in [1.165, 1.54) is 13.8 Å². The van der Waals surface area contributed by atoms with Crippen LogP contribution >= 0.6 is 0 Å². The van der Waals surface area contributed by atoms with Crippen LogP contribution in [0.5, 0.6) is 0 Å². The van der Waals surface area contributed by atoms with E-state index in [0.717, 1.165) is 6.54 Å². The van der Waals surface area contributed by atoms with Crippen LogP contribution in [0.2, 0.25) is 0 Å². The molecule has 0 radical (unpaired) electrons. The molecule has 0 saturated carbocycles. The van der Waals surface area contributed by atoms with Crippen molar-refractivity contribution in [2.24, 2.45) is 5.73 Å². The Balaban J connectivity index is -0.000000193. The summed E-state index contributed by atoms with van der Waals surface area (Å²) in [7, 11) is -3.75. The molecule has 1 unspecified atom stereocenters. The number of hydrogen-bond acceptors (Lipinski definition) is 4. The van der Waals surface area contributed by atoms with Crippen LogP contribution in [0, 0.1) is 0 Å². The second kappa shape index (κ2) is 11.6. The van der Waals surface area contributed by atoms with Crippen LogP contribution in [-0.4, -0.2) is 35.8 Å². The van der Waals surface area contributed by atoms with E-state index in [4.69, 9.17) is 15.4 Å². The van der Waals surface area contributed by atoms with Crippen LogP contribution in [0.3, 0.4) is 0 Å². The van der Waals surface area contributed by atoms with Gasteiger partial charge in [-0.15, -0.1) is 0 Å². The average Bonchev–Trinajstić information content (AvgIpc) is 2.17. The number of carbonyl (C=O) groups is 1. The number of aliphatic carboxylic acids is 1. The molecule has 0 aromatic heterocycles. The van der Waals surface area contributed by atoms with Gasteiger partial charge < -0.3 is 10.8 Å². The van der Waals surface area contributed by atoms with Crippen LogP contribution in [0.25, 0.3) is 0 Å². The Kier molecular flexibility index (Phi) is 14.5. The van der Waals surface area contributed by atoms with E-state index in [-0.39, 0.29) is 5.57 Å². The molecule has 7 heteroatoms. The first kappa shape index (κ1) is 21.4. The maximum Gasteiger partial charge on any atom is 0.330 e. The van der Waals surface area contributed by atoms with E-state index >= 15 is 0 Å². The molecule has 0 spiro atoms. The topological polar surface area (TPSA) is 118 Å². The van der Waals surface area contributed by atoms with Gasteiger partial charge in [0.1, 0.15) is 0 Å². The molecule has 0 saturated heterocycles. The molecular formula is C10H23NO5S. The van der Waals surface area contributed by atoms with Gasteiger partial charge in [-0.1, -0.05) is 20.4 Å². The van der Waals surface area contributed by atoms with Crippen molar-refractivity contribution >= 4 is 16.1 Å². The molecule has 0 aliphatic carbocycles. The van der Waals surface area contributed by atoms with Gasteiger partial charge in [0.15, 0.2) is 0 Å². The molecule has 0 rings (SSSR count). The molecule has 0 aromatic carbocycles. The Morgan fingerprint density at radius 2 is 1.65 bits per heavy atom. The van der Waals surface area contributed by atoms with Gasteiger partial charge in [-0.25, -0.2) is 4.79 Å². The van der Waals surface area contributed by atoms with Crippen LogP contribution in [-0.2, 0) is 14.9 Å². The minimum atomic E-state index is -3.75. The third-order valence-corrected chi connectivity index (χ3v) is 2.80. The maximum absolute atomic E-state index is 10.1. The molecule has 0 aliphatic rings. The van der Waals surface area contributed by atoms with Crippen molar-refractivity contribution in [2.75, 3.05) is 6.54 Å². The van der Waals surface area contributed by atoms with Gasteiger partial charge in [0, 0.05) is 5.57 Å². The Morgan fingerprint density at radius 1 is 1.41 bits per heavy atom. The van der Waals surface area contributed by atoms with Crippen molar-refractivity contribution in [1.82, 2.24) is 0 Å². The zero-order chi connectivity index (χ0) is 14.6. The molecule has 104 valence electrons.